The van der Waals surface area contributed by atoms with Crippen LogP contribution in [0.3, 0.4) is 0 Å². The smallest absolute Gasteiger partial charge is 0.382 e. The fourth-order valence-corrected chi connectivity index (χ4v) is 6.29. The molecule has 4 aromatic rings. The molecule has 0 bridgehead atoms. The average Bonchev–Trinajstić information content (AvgIpc) is 3.38. The van der Waals surface area contributed by atoms with Gasteiger partial charge >= 0.3 is 6.18 Å². The maximum Gasteiger partial charge on any atom is 0.391 e. The lowest BCUT2D eigenvalue weighted by Gasteiger charge is -2.35. The highest BCUT2D eigenvalue weighted by atomic mass is 19.4. The van der Waals surface area contributed by atoms with Crippen LogP contribution in [0, 0.1) is 17.6 Å². The van der Waals surface area contributed by atoms with Crippen LogP contribution in [0.25, 0.3) is 10.9 Å². The Morgan fingerprint density at radius 2 is 1.62 bits per heavy atom. The monoisotopic (exact) mass is 626 g/mol. The lowest BCUT2D eigenvalue weighted by atomic mass is 9.85. The summed E-state index contributed by atoms with van der Waals surface area (Å²) < 4.78 is 67.3. The van der Waals surface area contributed by atoms with E-state index in [1.165, 1.54) is 12.1 Å². The third-order valence-corrected chi connectivity index (χ3v) is 8.86. The van der Waals surface area contributed by atoms with Gasteiger partial charge in [-0.1, -0.05) is 6.07 Å². The number of halogens is 5. The number of carbonyl (C=O) groups excluding carboxylic acids is 1. The van der Waals surface area contributed by atoms with Crippen LogP contribution in [0.2, 0.25) is 0 Å². The molecule has 2 heterocycles. The first-order valence-corrected chi connectivity index (χ1v) is 15.2. The summed E-state index contributed by atoms with van der Waals surface area (Å²) in [5.74, 6) is -2.73. The maximum absolute atomic E-state index is 13.7. The van der Waals surface area contributed by atoms with Gasteiger partial charge in [-0.3, -0.25) is 9.89 Å². The zero-order chi connectivity index (χ0) is 31.7. The van der Waals surface area contributed by atoms with Gasteiger partial charge in [-0.2, -0.15) is 18.3 Å². The van der Waals surface area contributed by atoms with Crippen molar-refractivity contribution in [3.8, 4) is 0 Å². The minimum atomic E-state index is -4.20. The van der Waals surface area contributed by atoms with Gasteiger partial charge in [-0.25, -0.2) is 8.78 Å². The molecule has 12 heteroatoms. The molecule has 7 nitrogen and oxygen atoms in total. The number of rotatable bonds is 7. The van der Waals surface area contributed by atoms with E-state index < -0.39 is 29.6 Å². The predicted octanol–water partition coefficient (Wildman–Crippen LogP) is 6.97. The topological polar surface area (TPSA) is 76.3 Å². The van der Waals surface area contributed by atoms with Crippen molar-refractivity contribution in [3.05, 3.63) is 82.9 Å². The van der Waals surface area contributed by atoms with E-state index in [0.717, 1.165) is 43.5 Å². The summed E-state index contributed by atoms with van der Waals surface area (Å²) in [4.78, 5) is 18.2. The Labute approximate surface area is 257 Å². The van der Waals surface area contributed by atoms with Crippen molar-refractivity contribution in [2.45, 2.75) is 44.3 Å². The standard InChI is InChI=1S/C33H35F5N6O/c1-43-10-12-44(13-11-43)26-7-8-27(30(19-26)39-25-5-3-22(4-6-25)33(36,37)38)32(45)40-31-28-17-20(2-9-29(28)41-42-31)14-21-15-23(34)18-24(35)16-21/h2,7-9,15-19,22,25,39H,3-6,10-14H2,1H3,(H2,40,41,42,45)/t22-,25+. The SMILES string of the molecule is CN1CCN(c2ccc(C(=O)Nc3n[nH]c4ccc(Cc5cc(F)cc(F)c5)cc34)c(N[C@H]3CC[C@@H](C(F)(F)F)CC3)c2)CC1. The average molecular weight is 627 g/mol. The van der Waals surface area contributed by atoms with E-state index in [9.17, 15) is 26.7 Å². The number of aromatic nitrogens is 2. The van der Waals surface area contributed by atoms with Crippen LogP contribution in [-0.2, 0) is 6.42 Å². The van der Waals surface area contributed by atoms with Gasteiger partial charge in [-0.15, -0.1) is 0 Å². The van der Waals surface area contributed by atoms with E-state index >= 15 is 0 Å². The lowest BCUT2D eigenvalue weighted by molar-refractivity contribution is -0.182. The summed E-state index contributed by atoms with van der Waals surface area (Å²) in [6.07, 6.45) is -3.12. The molecule has 1 saturated carbocycles. The molecule has 0 unspecified atom stereocenters. The normalized spacial score (nSPS) is 19.6. The van der Waals surface area contributed by atoms with Crippen LogP contribution in [0.1, 0.15) is 47.2 Å². The van der Waals surface area contributed by atoms with E-state index in [1.807, 2.05) is 24.3 Å². The van der Waals surface area contributed by atoms with Gasteiger partial charge in [0.15, 0.2) is 5.82 Å². The number of piperazine rings is 1. The number of likely N-dealkylation sites (N-methyl/N-ethyl adjacent to an activating group) is 1. The predicted molar refractivity (Wildman–Crippen MR) is 165 cm³/mol. The van der Waals surface area contributed by atoms with Gasteiger partial charge in [0.2, 0.25) is 0 Å². The van der Waals surface area contributed by atoms with Crippen LogP contribution in [-0.4, -0.2) is 66.4 Å². The highest BCUT2D eigenvalue weighted by Crippen LogP contribution is 2.39. The van der Waals surface area contributed by atoms with Crippen molar-refractivity contribution in [2.24, 2.45) is 5.92 Å². The third-order valence-electron chi connectivity index (χ3n) is 8.86. The first-order valence-electron chi connectivity index (χ1n) is 15.2. The molecule has 45 heavy (non-hydrogen) atoms. The van der Waals surface area contributed by atoms with Crippen molar-refractivity contribution in [2.75, 3.05) is 48.8 Å². The van der Waals surface area contributed by atoms with Crippen LogP contribution >= 0.6 is 0 Å². The Balaban J connectivity index is 1.24. The number of alkyl halides is 3. The number of benzene rings is 3. The highest BCUT2D eigenvalue weighted by molar-refractivity contribution is 6.11. The zero-order valence-electron chi connectivity index (χ0n) is 24.9. The van der Waals surface area contributed by atoms with Gasteiger partial charge in [0.25, 0.3) is 5.91 Å². The van der Waals surface area contributed by atoms with E-state index in [0.29, 0.717) is 46.4 Å². The Hall–Kier alpha value is -4.19. The Kier molecular flexibility index (Phi) is 8.67. The second-order valence-electron chi connectivity index (χ2n) is 12.1. The summed E-state index contributed by atoms with van der Waals surface area (Å²) in [5.41, 5.74) is 3.78. The Morgan fingerprint density at radius 1 is 0.911 bits per heavy atom. The second-order valence-corrected chi connectivity index (χ2v) is 12.1. The number of aromatic amines is 1. The fraction of sp³-hybridized carbons (Fsp3) is 0.394. The molecule has 1 aliphatic carbocycles. The van der Waals surface area contributed by atoms with E-state index in [-0.39, 0.29) is 25.3 Å². The van der Waals surface area contributed by atoms with E-state index in [4.69, 9.17) is 0 Å². The molecule has 0 spiro atoms. The largest absolute Gasteiger partial charge is 0.391 e. The molecule has 3 N–H and O–H groups in total. The number of nitrogens with one attached hydrogen (secondary N) is 3. The molecule has 2 aliphatic rings. The summed E-state index contributed by atoms with van der Waals surface area (Å²) in [6.45, 7) is 3.44. The molecule has 6 rings (SSSR count). The first kappa shape index (κ1) is 30.8. The minimum Gasteiger partial charge on any atom is -0.382 e. The molecule has 3 aromatic carbocycles. The number of nitrogens with zero attached hydrogens (tertiary/aromatic N) is 3. The van der Waals surface area contributed by atoms with Crippen molar-refractivity contribution in [1.82, 2.24) is 15.1 Å². The van der Waals surface area contributed by atoms with Crippen LogP contribution in [0.15, 0.2) is 54.6 Å². The minimum absolute atomic E-state index is 0.0463. The van der Waals surface area contributed by atoms with Crippen molar-refractivity contribution in [3.63, 3.8) is 0 Å². The molecule has 1 aromatic heterocycles. The number of hydrogen-bond donors (Lipinski definition) is 3. The summed E-state index contributed by atoms with van der Waals surface area (Å²) >= 11 is 0. The van der Waals surface area contributed by atoms with E-state index in [2.05, 4.69) is 37.7 Å². The lowest BCUT2D eigenvalue weighted by Crippen LogP contribution is -2.44. The zero-order valence-corrected chi connectivity index (χ0v) is 24.9. The number of anilines is 3. The molecule has 0 radical (unpaired) electrons. The Bertz CT molecular complexity index is 1650. The summed E-state index contributed by atoms with van der Waals surface area (Å²) in [7, 11) is 2.07. The molecular weight excluding hydrogens is 591 g/mol. The first-order chi connectivity index (χ1) is 21.5. The van der Waals surface area contributed by atoms with Crippen molar-refractivity contribution < 1.29 is 26.7 Å². The van der Waals surface area contributed by atoms with Crippen LogP contribution in [0.5, 0.6) is 0 Å². The summed E-state index contributed by atoms with van der Waals surface area (Å²) in [6, 6.07) is 14.2. The number of hydrogen-bond acceptors (Lipinski definition) is 5. The van der Waals surface area contributed by atoms with Gasteiger partial charge in [0.05, 0.1) is 17.0 Å². The molecule has 2 fully saturated rings. The van der Waals surface area contributed by atoms with Gasteiger partial charge < -0.3 is 20.4 Å². The van der Waals surface area contributed by atoms with Crippen LogP contribution < -0.4 is 15.5 Å². The number of fused-ring (bicyclic) bond motifs is 1. The van der Waals surface area contributed by atoms with Crippen molar-refractivity contribution >= 4 is 34.0 Å². The molecule has 0 atom stereocenters. The molecular formula is C33H35F5N6O. The van der Waals surface area contributed by atoms with E-state index in [1.54, 1.807) is 12.1 Å². The Morgan fingerprint density at radius 3 is 2.31 bits per heavy atom. The molecule has 238 valence electrons. The fourth-order valence-electron chi connectivity index (χ4n) is 6.29. The third kappa shape index (κ3) is 7.22. The van der Waals surface area contributed by atoms with Gasteiger partial charge in [0, 0.05) is 55.0 Å². The number of carbonyl (C=O) groups is 1. The van der Waals surface area contributed by atoms with Crippen LogP contribution in [0.4, 0.5) is 39.1 Å². The van der Waals surface area contributed by atoms with Crippen molar-refractivity contribution in [1.29, 1.82) is 0 Å². The highest BCUT2D eigenvalue weighted by Gasteiger charge is 2.41. The van der Waals surface area contributed by atoms with Gasteiger partial charge in [-0.05, 0) is 92.7 Å². The number of H-pyrrole nitrogens is 1. The summed E-state index contributed by atoms with van der Waals surface area (Å²) in [5, 5.41) is 14.1. The molecule has 1 aliphatic heterocycles. The number of amides is 1. The van der Waals surface area contributed by atoms with Gasteiger partial charge in [0.1, 0.15) is 11.6 Å². The molecule has 1 saturated heterocycles. The molecule has 1 amide bonds. The quantitative estimate of drug-likeness (QED) is 0.193. The maximum atomic E-state index is 13.7. The second kappa shape index (κ2) is 12.7.